The minimum atomic E-state index is -0.751. The number of carbonyl (C=O) groups is 1. The highest BCUT2D eigenvalue weighted by Crippen LogP contribution is 2.31. The van der Waals surface area contributed by atoms with E-state index in [2.05, 4.69) is 22.1 Å². The van der Waals surface area contributed by atoms with Crippen LogP contribution in [0.1, 0.15) is 0 Å². The summed E-state index contributed by atoms with van der Waals surface area (Å²) in [5, 5.41) is 16.2. The Labute approximate surface area is 129 Å². The first-order valence-corrected chi connectivity index (χ1v) is 7.63. The quantitative estimate of drug-likeness (QED) is 0.556. The van der Waals surface area contributed by atoms with Crippen molar-refractivity contribution >= 4 is 6.03 Å². The third kappa shape index (κ3) is 3.11. The number of hydrogen-bond donors (Lipinski definition) is 3. The second-order valence-electron chi connectivity index (χ2n) is 5.67. The summed E-state index contributed by atoms with van der Waals surface area (Å²) in [5.74, 6) is 0. The molecule has 3 N–H and O–H groups in total. The molecule has 3 fully saturated rings. The number of aliphatic hydroxyl groups excluding tert-OH is 1. The van der Waals surface area contributed by atoms with E-state index in [1.807, 2.05) is 0 Å². The maximum atomic E-state index is 11.9. The molecular formula is C14H23N3O5. The van der Waals surface area contributed by atoms with Crippen LogP contribution in [0.15, 0.2) is 12.7 Å². The molecule has 3 rings (SSSR count). The maximum Gasteiger partial charge on any atom is 0.315 e. The number of aliphatic hydroxyl groups is 1. The molecule has 3 aliphatic rings. The molecule has 3 saturated heterocycles. The molecule has 3 aliphatic heterocycles. The lowest BCUT2D eigenvalue weighted by Gasteiger charge is -2.44. The number of morpholine rings is 1. The van der Waals surface area contributed by atoms with Crippen molar-refractivity contribution in [2.75, 3.05) is 39.5 Å². The van der Waals surface area contributed by atoms with E-state index >= 15 is 0 Å². The SMILES string of the molecule is C=CCNC(=O)N[C@H]1[C@H](O)[C@@H](N2CCOCC2)[C@@H]2OC[C@H]1O2. The van der Waals surface area contributed by atoms with Crippen LogP contribution in [0.5, 0.6) is 0 Å². The molecule has 124 valence electrons. The zero-order valence-corrected chi connectivity index (χ0v) is 12.4. The van der Waals surface area contributed by atoms with E-state index in [-0.39, 0.29) is 18.2 Å². The van der Waals surface area contributed by atoms with Gasteiger partial charge in [-0.1, -0.05) is 6.08 Å². The molecule has 0 aromatic heterocycles. The number of nitrogens with one attached hydrogen (secondary N) is 2. The summed E-state index contributed by atoms with van der Waals surface area (Å²) >= 11 is 0. The highest BCUT2D eigenvalue weighted by molar-refractivity contribution is 5.74. The zero-order valence-electron chi connectivity index (χ0n) is 12.4. The predicted octanol–water partition coefficient (Wildman–Crippen LogP) is -1.34. The molecule has 0 aromatic carbocycles. The Morgan fingerprint density at radius 2 is 2.18 bits per heavy atom. The van der Waals surface area contributed by atoms with E-state index in [9.17, 15) is 9.90 Å². The van der Waals surface area contributed by atoms with Crippen LogP contribution in [-0.2, 0) is 14.2 Å². The van der Waals surface area contributed by atoms with Crippen LogP contribution in [-0.4, -0.2) is 86.1 Å². The predicted molar refractivity (Wildman–Crippen MR) is 77.3 cm³/mol. The summed E-state index contributed by atoms with van der Waals surface area (Å²) in [4.78, 5) is 14.0. The molecule has 8 heteroatoms. The molecule has 8 nitrogen and oxygen atoms in total. The molecule has 2 bridgehead atoms. The standard InChI is InChI=1S/C14H23N3O5/c1-2-3-15-14(19)16-10-9-8-21-13(22-9)11(12(10)18)17-4-6-20-7-5-17/h2,9-13,18H,1,3-8H2,(H2,15,16,19)/t9-,10-,11-,12+,13-/m1/s1. The Bertz CT molecular complexity index is 415. The number of urea groups is 1. The monoisotopic (exact) mass is 313 g/mol. The second kappa shape index (κ2) is 6.93. The van der Waals surface area contributed by atoms with E-state index in [1.54, 1.807) is 6.08 Å². The Balaban J connectivity index is 1.67. The lowest BCUT2D eigenvalue weighted by Crippen LogP contribution is -2.67. The number of carbonyl (C=O) groups excluding carboxylic acids is 1. The number of amides is 2. The van der Waals surface area contributed by atoms with Crippen LogP contribution in [0.4, 0.5) is 4.79 Å². The Morgan fingerprint density at radius 1 is 1.41 bits per heavy atom. The summed E-state index contributed by atoms with van der Waals surface area (Å²) in [7, 11) is 0. The van der Waals surface area contributed by atoms with Crippen LogP contribution in [0.25, 0.3) is 0 Å². The molecule has 22 heavy (non-hydrogen) atoms. The molecule has 3 heterocycles. The first-order valence-electron chi connectivity index (χ1n) is 7.63. The molecule has 0 saturated carbocycles. The smallest absolute Gasteiger partial charge is 0.315 e. The fraction of sp³-hybridized carbons (Fsp3) is 0.786. The average molecular weight is 313 g/mol. The van der Waals surface area contributed by atoms with E-state index in [1.165, 1.54) is 0 Å². The van der Waals surface area contributed by atoms with Gasteiger partial charge in [-0.15, -0.1) is 6.58 Å². The van der Waals surface area contributed by atoms with E-state index in [4.69, 9.17) is 14.2 Å². The summed E-state index contributed by atoms with van der Waals surface area (Å²) in [6.45, 7) is 6.96. The molecule has 2 amide bonds. The van der Waals surface area contributed by atoms with Gasteiger partial charge in [-0.05, 0) is 0 Å². The van der Waals surface area contributed by atoms with Crippen molar-refractivity contribution in [3.63, 3.8) is 0 Å². The van der Waals surface area contributed by atoms with Gasteiger partial charge in [-0.25, -0.2) is 4.79 Å². The van der Waals surface area contributed by atoms with Gasteiger partial charge in [0, 0.05) is 19.6 Å². The summed E-state index contributed by atoms with van der Waals surface area (Å²) < 4.78 is 16.8. The van der Waals surface area contributed by atoms with Gasteiger partial charge in [0.25, 0.3) is 0 Å². The van der Waals surface area contributed by atoms with Gasteiger partial charge < -0.3 is 30.0 Å². The van der Waals surface area contributed by atoms with Gasteiger partial charge in [-0.2, -0.15) is 0 Å². The van der Waals surface area contributed by atoms with Crippen LogP contribution in [0.3, 0.4) is 0 Å². The number of nitrogens with zero attached hydrogens (tertiary/aromatic N) is 1. The van der Waals surface area contributed by atoms with E-state index < -0.39 is 18.4 Å². The summed E-state index contributed by atoms with van der Waals surface area (Å²) in [5.41, 5.74) is 0. The Hall–Kier alpha value is -1.19. The largest absolute Gasteiger partial charge is 0.389 e. The van der Waals surface area contributed by atoms with Gasteiger partial charge in [0.05, 0.1) is 38.0 Å². The van der Waals surface area contributed by atoms with Crippen LogP contribution >= 0.6 is 0 Å². The first kappa shape index (κ1) is 15.7. The topological polar surface area (TPSA) is 92.3 Å². The summed E-state index contributed by atoms with van der Waals surface area (Å²) in [6.07, 6.45) is 0.0662. The lowest BCUT2D eigenvalue weighted by molar-refractivity contribution is -0.189. The van der Waals surface area contributed by atoms with E-state index in [0.717, 1.165) is 0 Å². The number of hydrogen-bond acceptors (Lipinski definition) is 6. The van der Waals surface area contributed by atoms with Gasteiger partial charge >= 0.3 is 6.03 Å². The highest BCUT2D eigenvalue weighted by Gasteiger charge is 2.52. The minimum absolute atomic E-state index is 0.299. The first-order chi connectivity index (χ1) is 10.7. The van der Waals surface area contributed by atoms with Crippen molar-refractivity contribution in [3.8, 4) is 0 Å². The van der Waals surface area contributed by atoms with Crippen LogP contribution < -0.4 is 10.6 Å². The Morgan fingerprint density at radius 3 is 2.91 bits per heavy atom. The molecule has 0 unspecified atom stereocenters. The average Bonchev–Trinajstić information content (AvgIpc) is 2.96. The van der Waals surface area contributed by atoms with Crippen LogP contribution in [0, 0.1) is 0 Å². The normalized spacial score (nSPS) is 38.5. The maximum absolute atomic E-state index is 11.9. The fourth-order valence-corrected chi connectivity index (χ4v) is 3.21. The summed E-state index contributed by atoms with van der Waals surface area (Å²) in [6, 6.07) is -1.15. The molecule has 5 atom stereocenters. The highest BCUT2D eigenvalue weighted by atomic mass is 16.7. The minimum Gasteiger partial charge on any atom is -0.389 e. The lowest BCUT2D eigenvalue weighted by atomic mass is 9.94. The van der Waals surface area contributed by atoms with Crippen molar-refractivity contribution in [1.29, 1.82) is 0 Å². The second-order valence-corrected chi connectivity index (χ2v) is 5.67. The zero-order chi connectivity index (χ0) is 15.5. The van der Waals surface area contributed by atoms with Crippen molar-refractivity contribution in [2.45, 2.75) is 30.6 Å². The van der Waals surface area contributed by atoms with Gasteiger partial charge in [0.15, 0.2) is 6.29 Å². The third-order valence-corrected chi connectivity index (χ3v) is 4.30. The van der Waals surface area contributed by atoms with Crippen molar-refractivity contribution in [3.05, 3.63) is 12.7 Å². The third-order valence-electron chi connectivity index (χ3n) is 4.30. The van der Waals surface area contributed by atoms with Crippen molar-refractivity contribution < 1.29 is 24.1 Å². The Kier molecular flexibility index (Phi) is 4.94. The van der Waals surface area contributed by atoms with Gasteiger partial charge in [0.1, 0.15) is 6.10 Å². The molecule has 0 aromatic rings. The molecular weight excluding hydrogens is 290 g/mol. The number of rotatable bonds is 4. The number of fused-ring (bicyclic) bond motifs is 2. The number of ether oxygens (including phenoxy) is 3. The van der Waals surface area contributed by atoms with Crippen molar-refractivity contribution in [1.82, 2.24) is 15.5 Å². The van der Waals surface area contributed by atoms with Gasteiger partial charge in [0.2, 0.25) is 0 Å². The molecule has 0 radical (unpaired) electrons. The fourth-order valence-electron chi connectivity index (χ4n) is 3.21. The molecule has 0 aliphatic carbocycles. The van der Waals surface area contributed by atoms with Gasteiger partial charge in [-0.3, -0.25) is 4.90 Å². The van der Waals surface area contributed by atoms with E-state index in [0.29, 0.717) is 39.5 Å². The van der Waals surface area contributed by atoms with Crippen molar-refractivity contribution in [2.24, 2.45) is 0 Å². The molecule has 0 spiro atoms. The van der Waals surface area contributed by atoms with Crippen LogP contribution in [0.2, 0.25) is 0 Å².